The Morgan fingerprint density at radius 2 is 0.800 bits per heavy atom. The molecule has 5 atom stereocenters. The summed E-state index contributed by atoms with van der Waals surface area (Å²) in [6.45, 7) is 2.86. The van der Waals surface area contributed by atoms with E-state index in [1.54, 1.807) is 7.05 Å². The zero-order chi connectivity index (χ0) is 38.4. The van der Waals surface area contributed by atoms with Gasteiger partial charge >= 0.3 is 23.9 Å². The fourth-order valence-electron chi connectivity index (χ4n) is 4.52. The summed E-state index contributed by atoms with van der Waals surface area (Å²) in [5, 5.41) is 51.5. The van der Waals surface area contributed by atoms with Crippen LogP contribution in [0.3, 0.4) is 0 Å². The number of nitrogens with one attached hydrogen (secondary N) is 6. The van der Waals surface area contributed by atoms with E-state index in [0.29, 0.717) is 25.8 Å². The number of ketones is 1. The zero-order valence-electron chi connectivity index (χ0n) is 28.2. The molecule has 282 valence electrons. The number of hydrogen-bond acceptors (Lipinski definition) is 11. The third-order valence-corrected chi connectivity index (χ3v) is 7.30. The molecule has 0 aliphatic carbocycles. The normalized spacial score (nSPS) is 13.7. The van der Waals surface area contributed by atoms with Crippen molar-refractivity contribution in [3.8, 4) is 0 Å². The number of carbonyl (C=O) groups is 10. The largest absolute Gasteiger partial charge is 0.480 e. The maximum Gasteiger partial charge on any atom is 0.326 e. The van der Waals surface area contributed by atoms with Crippen LogP contribution in [0.1, 0.15) is 84.5 Å². The Morgan fingerprint density at radius 3 is 1.10 bits per heavy atom. The number of amides is 5. The summed E-state index contributed by atoms with van der Waals surface area (Å²) in [6.07, 6.45) is -1.46. The molecule has 0 rings (SSSR count). The number of aliphatic carboxylic acids is 4. The Kier molecular flexibility index (Phi) is 21.6. The van der Waals surface area contributed by atoms with Crippen molar-refractivity contribution < 1.29 is 68.4 Å². The Morgan fingerprint density at radius 1 is 0.460 bits per heavy atom. The molecule has 0 bridgehead atoms. The lowest BCUT2D eigenvalue weighted by atomic mass is 10.1. The van der Waals surface area contributed by atoms with Gasteiger partial charge in [0.15, 0.2) is 0 Å². The van der Waals surface area contributed by atoms with Crippen molar-refractivity contribution in [1.82, 2.24) is 31.9 Å². The molecule has 5 amide bonds. The molecule has 0 spiro atoms. The molecule has 10 N–H and O–H groups in total. The molecular weight excluding hydrogens is 668 g/mol. The molecule has 0 fully saturated rings. The first-order chi connectivity index (χ1) is 23.4. The Hall–Kier alpha value is -5.14. The van der Waals surface area contributed by atoms with Gasteiger partial charge in [0.2, 0.25) is 29.5 Å². The molecular formula is C30H48N6O14. The zero-order valence-corrected chi connectivity index (χ0v) is 28.2. The van der Waals surface area contributed by atoms with E-state index < -0.39 is 110 Å². The highest BCUT2D eigenvalue weighted by atomic mass is 16.4. The van der Waals surface area contributed by atoms with Crippen LogP contribution >= 0.6 is 0 Å². The lowest BCUT2D eigenvalue weighted by Gasteiger charge is -2.18. The van der Waals surface area contributed by atoms with Crippen molar-refractivity contribution >= 4 is 59.2 Å². The van der Waals surface area contributed by atoms with Gasteiger partial charge in [-0.2, -0.15) is 0 Å². The average molecular weight is 717 g/mol. The van der Waals surface area contributed by atoms with Gasteiger partial charge in [0.1, 0.15) is 30.0 Å². The van der Waals surface area contributed by atoms with Gasteiger partial charge < -0.3 is 52.3 Å². The Bertz CT molecular complexity index is 1240. The van der Waals surface area contributed by atoms with Crippen molar-refractivity contribution in [2.75, 3.05) is 13.6 Å². The maximum atomic E-state index is 12.4. The number of carboxylic acid groups (broad SMARTS) is 4. The van der Waals surface area contributed by atoms with Crippen LogP contribution in [0.15, 0.2) is 0 Å². The van der Waals surface area contributed by atoms with Crippen LogP contribution in [0.25, 0.3) is 0 Å². The monoisotopic (exact) mass is 716 g/mol. The van der Waals surface area contributed by atoms with Crippen molar-refractivity contribution in [2.45, 2.75) is 115 Å². The molecule has 20 nitrogen and oxygen atoms in total. The predicted molar refractivity (Wildman–Crippen MR) is 171 cm³/mol. The molecule has 0 aromatic rings. The number of rotatable bonds is 27. The van der Waals surface area contributed by atoms with Gasteiger partial charge in [-0.05, 0) is 58.9 Å². The standard InChI is InChI=1S/C30H48N6O14/c1-16(37)18(31-3)6-4-5-15-32-23(39)11-7-20(28(45)46)34-25(41)13-9-22(30(49)50)36-26(42)14-10-21(29(47)48)35-24(40)12-8-19(27(43)44)33-17(2)38/h18-22,31H,4-15H2,1-3H3,(H,32,39)(H,33,38)(H,34,41)(H,35,40)(H,36,42)(H,43,44)(H,45,46)(H,47,48)(H,49,50)/t18-,19-,20-,21-,22?/m0/s1. The number of Topliss-reactive ketones (excluding diaryl/α,β-unsaturated/α-hetero) is 1. The summed E-state index contributed by atoms with van der Waals surface area (Å²) in [6, 6.07) is -6.32. The summed E-state index contributed by atoms with van der Waals surface area (Å²) < 4.78 is 0. The van der Waals surface area contributed by atoms with Crippen molar-refractivity contribution in [1.29, 1.82) is 0 Å². The SMILES string of the molecule is CN[C@@H](CCCCNC(=O)CC[C@H](NC(=O)CCC(NC(=O)CC[C@H](NC(=O)CC[C@H](NC(C)=O)C(=O)O)C(=O)O)C(=O)O)C(=O)O)C(C)=O. The van der Waals surface area contributed by atoms with Gasteiger partial charge in [-0.3, -0.25) is 28.8 Å². The highest BCUT2D eigenvalue weighted by molar-refractivity contribution is 5.88. The van der Waals surface area contributed by atoms with Crippen LogP contribution < -0.4 is 31.9 Å². The highest BCUT2D eigenvalue weighted by Gasteiger charge is 2.27. The smallest absolute Gasteiger partial charge is 0.326 e. The number of likely N-dealkylation sites (N-methyl/N-ethyl adjacent to an activating group) is 1. The van der Waals surface area contributed by atoms with Crippen LogP contribution in [0.4, 0.5) is 0 Å². The predicted octanol–water partition coefficient (Wildman–Crippen LogP) is -2.13. The fraction of sp³-hybridized carbons (Fsp3) is 0.667. The summed E-state index contributed by atoms with van der Waals surface area (Å²) in [7, 11) is 1.67. The number of unbranched alkanes of at least 4 members (excludes halogenated alkanes) is 1. The molecule has 0 heterocycles. The molecule has 0 aromatic carbocycles. The van der Waals surface area contributed by atoms with E-state index >= 15 is 0 Å². The lowest BCUT2D eigenvalue weighted by molar-refractivity contribution is -0.144. The highest BCUT2D eigenvalue weighted by Crippen LogP contribution is 2.07. The second kappa shape index (κ2) is 24.1. The first kappa shape index (κ1) is 44.9. The van der Waals surface area contributed by atoms with E-state index in [-0.39, 0.29) is 31.1 Å². The molecule has 1 unspecified atom stereocenters. The van der Waals surface area contributed by atoms with Gasteiger partial charge in [0, 0.05) is 39.2 Å². The minimum absolute atomic E-state index is 0.00219. The molecule has 0 saturated carbocycles. The molecule has 0 aliphatic heterocycles. The summed E-state index contributed by atoms with van der Waals surface area (Å²) in [5.41, 5.74) is 0. The van der Waals surface area contributed by atoms with E-state index in [4.69, 9.17) is 5.11 Å². The van der Waals surface area contributed by atoms with Gasteiger partial charge in [-0.15, -0.1) is 0 Å². The van der Waals surface area contributed by atoms with Crippen LogP contribution in [0.5, 0.6) is 0 Å². The second-order valence-corrected chi connectivity index (χ2v) is 11.4. The topological polar surface area (TPSA) is 324 Å². The van der Waals surface area contributed by atoms with Gasteiger partial charge in [0.05, 0.1) is 6.04 Å². The first-order valence-electron chi connectivity index (χ1n) is 15.9. The van der Waals surface area contributed by atoms with E-state index in [0.717, 1.165) is 6.92 Å². The molecule has 0 aromatic heterocycles. The second-order valence-electron chi connectivity index (χ2n) is 11.4. The lowest BCUT2D eigenvalue weighted by Crippen LogP contribution is -2.45. The Labute approximate surface area is 287 Å². The van der Waals surface area contributed by atoms with Crippen LogP contribution in [0.2, 0.25) is 0 Å². The summed E-state index contributed by atoms with van der Waals surface area (Å²) >= 11 is 0. The van der Waals surface area contributed by atoms with Gasteiger partial charge in [-0.1, -0.05) is 0 Å². The number of hydrogen-bond donors (Lipinski definition) is 10. The molecule has 50 heavy (non-hydrogen) atoms. The van der Waals surface area contributed by atoms with E-state index in [1.165, 1.54) is 6.92 Å². The maximum absolute atomic E-state index is 12.4. The molecule has 0 radical (unpaired) electrons. The van der Waals surface area contributed by atoms with Crippen molar-refractivity contribution in [2.24, 2.45) is 0 Å². The van der Waals surface area contributed by atoms with Crippen LogP contribution in [-0.4, -0.2) is 123 Å². The summed E-state index contributed by atoms with van der Waals surface area (Å²) in [4.78, 5) is 118. The minimum Gasteiger partial charge on any atom is -0.480 e. The van der Waals surface area contributed by atoms with Crippen molar-refractivity contribution in [3.63, 3.8) is 0 Å². The minimum atomic E-state index is -1.61. The van der Waals surface area contributed by atoms with Crippen LogP contribution in [-0.2, 0) is 47.9 Å². The molecule has 0 aliphatic rings. The number of carbonyl (C=O) groups excluding carboxylic acids is 6. The van der Waals surface area contributed by atoms with E-state index in [9.17, 15) is 63.3 Å². The quantitative estimate of drug-likeness (QED) is 0.0406. The van der Waals surface area contributed by atoms with Gasteiger partial charge in [-0.25, -0.2) is 19.2 Å². The fourth-order valence-corrected chi connectivity index (χ4v) is 4.52. The molecule has 20 heteroatoms. The first-order valence-corrected chi connectivity index (χ1v) is 15.9. The summed E-state index contributed by atoms with van der Waals surface area (Å²) in [5.74, 6) is -9.64. The average Bonchev–Trinajstić information content (AvgIpc) is 3.02. The van der Waals surface area contributed by atoms with Gasteiger partial charge in [0.25, 0.3) is 0 Å². The van der Waals surface area contributed by atoms with Crippen LogP contribution in [0, 0.1) is 0 Å². The van der Waals surface area contributed by atoms with E-state index in [2.05, 4.69) is 31.9 Å². The molecule has 0 saturated heterocycles. The number of carboxylic acids is 4. The third-order valence-electron chi connectivity index (χ3n) is 7.30. The van der Waals surface area contributed by atoms with Crippen molar-refractivity contribution in [3.05, 3.63) is 0 Å². The third kappa shape index (κ3) is 20.3. The Balaban J connectivity index is 4.79. The van der Waals surface area contributed by atoms with E-state index in [1.807, 2.05) is 0 Å².